The average Bonchev–Trinajstić information content (AvgIpc) is 2.76. The molecule has 0 saturated carbocycles. The van der Waals surface area contributed by atoms with Gasteiger partial charge in [0.1, 0.15) is 0 Å². The molecule has 3 heteroatoms. The molecule has 1 aromatic heterocycles. The number of carbonyl (C=O) groups is 1. The monoisotopic (exact) mass is 291 g/mol. The Morgan fingerprint density at radius 2 is 2.18 bits per heavy atom. The van der Waals surface area contributed by atoms with Crippen molar-refractivity contribution in [3.8, 4) is 0 Å². The van der Waals surface area contributed by atoms with Crippen molar-refractivity contribution in [2.75, 3.05) is 0 Å². The highest BCUT2D eigenvalue weighted by Crippen LogP contribution is 2.13. The molecule has 0 unspecified atom stereocenters. The number of ketones is 1. The van der Waals surface area contributed by atoms with Crippen LogP contribution in [0.25, 0.3) is 0 Å². The lowest BCUT2D eigenvalue weighted by Gasteiger charge is -2.03. The van der Waals surface area contributed by atoms with E-state index in [9.17, 15) is 4.79 Å². The van der Waals surface area contributed by atoms with Crippen LogP contribution in [0.5, 0.6) is 0 Å². The molecule has 0 bridgehead atoms. The minimum atomic E-state index is 0.193. The van der Waals surface area contributed by atoms with E-state index in [1.807, 2.05) is 42.1 Å². The summed E-state index contributed by atoms with van der Waals surface area (Å²) in [5.41, 5.74) is 2.01. The lowest BCUT2D eigenvalue weighted by atomic mass is 10.2. The third kappa shape index (κ3) is 3.07. The maximum Gasteiger partial charge on any atom is 0.164 e. The van der Waals surface area contributed by atoms with Gasteiger partial charge in [0.25, 0.3) is 0 Å². The van der Waals surface area contributed by atoms with Crippen molar-refractivity contribution in [3.05, 3.63) is 58.3 Å². The third-order valence-corrected chi connectivity index (χ3v) is 3.14. The second-order valence-electron chi connectivity index (χ2n) is 3.98. The van der Waals surface area contributed by atoms with Crippen molar-refractivity contribution in [3.63, 3.8) is 0 Å². The van der Waals surface area contributed by atoms with Gasteiger partial charge in [-0.25, -0.2) is 0 Å². The zero-order valence-corrected chi connectivity index (χ0v) is 11.3. The summed E-state index contributed by atoms with van der Waals surface area (Å²) in [5.74, 6) is 0.193. The van der Waals surface area contributed by atoms with E-state index in [-0.39, 0.29) is 5.78 Å². The molecule has 88 valence electrons. The molecule has 1 aromatic carbocycles. The van der Waals surface area contributed by atoms with Crippen LogP contribution in [0.15, 0.2) is 47.2 Å². The molecule has 0 radical (unpaired) electrons. The normalized spacial score (nSPS) is 10.5. The van der Waals surface area contributed by atoms with Crippen molar-refractivity contribution < 1.29 is 4.79 Å². The number of carbonyl (C=O) groups excluding carboxylic acids is 1. The summed E-state index contributed by atoms with van der Waals surface area (Å²) in [4.78, 5) is 11.5. The van der Waals surface area contributed by atoms with Crippen LogP contribution < -0.4 is 0 Å². The van der Waals surface area contributed by atoms with E-state index in [4.69, 9.17) is 0 Å². The molecule has 0 spiro atoms. The van der Waals surface area contributed by atoms with E-state index in [0.717, 1.165) is 16.6 Å². The van der Waals surface area contributed by atoms with Crippen molar-refractivity contribution >= 4 is 21.7 Å². The molecule has 0 fully saturated rings. The Morgan fingerprint density at radius 1 is 1.35 bits per heavy atom. The second-order valence-corrected chi connectivity index (χ2v) is 4.89. The number of Topliss-reactive ketones (excluding diaryl/α,β-unsaturated/α-hetero) is 1. The summed E-state index contributed by atoms with van der Waals surface area (Å²) in [6, 6.07) is 10.1. The van der Waals surface area contributed by atoms with Crippen molar-refractivity contribution in [1.82, 2.24) is 4.57 Å². The molecule has 2 nitrogen and oxygen atoms in total. The van der Waals surface area contributed by atoms with E-state index in [0.29, 0.717) is 6.42 Å². The molecule has 0 aliphatic heterocycles. The molecule has 1 heterocycles. The summed E-state index contributed by atoms with van der Waals surface area (Å²) in [5, 5.41) is 0. The number of hydrogen-bond donors (Lipinski definition) is 0. The van der Waals surface area contributed by atoms with Gasteiger partial charge in [0.2, 0.25) is 0 Å². The maximum absolute atomic E-state index is 11.5. The summed E-state index contributed by atoms with van der Waals surface area (Å²) >= 11 is 3.45. The minimum Gasteiger partial charge on any atom is -0.349 e. The first-order valence-corrected chi connectivity index (χ1v) is 6.41. The molecule has 0 aliphatic carbocycles. The lowest BCUT2D eigenvalue weighted by molar-refractivity contribution is 0.0988. The number of halogens is 1. The van der Waals surface area contributed by atoms with Gasteiger partial charge in [-0.3, -0.25) is 4.79 Å². The first kappa shape index (κ1) is 12.1. The molecule has 2 rings (SSSR count). The Hall–Kier alpha value is -1.35. The number of benzene rings is 1. The van der Waals surface area contributed by atoms with Crippen molar-refractivity contribution in [2.45, 2.75) is 19.9 Å². The van der Waals surface area contributed by atoms with E-state index in [2.05, 4.69) is 28.1 Å². The van der Waals surface area contributed by atoms with Gasteiger partial charge in [0.05, 0.1) is 0 Å². The Labute approximate surface area is 109 Å². The number of hydrogen-bond acceptors (Lipinski definition) is 1. The summed E-state index contributed by atoms with van der Waals surface area (Å²) < 4.78 is 3.11. The Kier molecular flexibility index (Phi) is 3.79. The molecule has 0 amide bonds. The highest BCUT2D eigenvalue weighted by molar-refractivity contribution is 9.10. The number of nitrogens with zero attached hydrogens (tertiary/aromatic N) is 1. The summed E-state index contributed by atoms with van der Waals surface area (Å²) in [6.07, 6.45) is 4.41. The Balaban J connectivity index is 2.14. The fourth-order valence-electron chi connectivity index (χ4n) is 1.75. The topological polar surface area (TPSA) is 22.0 Å². The third-order valence-electron chi connectivity index (χ3n) is 2.65. The van der Waals surface area contributed by atoms with Gasteiger partial charge in [0.15, 0.2) is 5.78 Å². The van der Waals surface area contributed by atoms with Gasteiger partial charge in [-0.2, -0.15) is 0 Å². The van der Waals surface area contributed by atoms with Crippen LogP contribution in [0.3, 0.4) is 0 Å². The Bertz CT molecular complexity index is 531. The van der Waals surface area contributed by atoms with Gasteiger partial charge >= 0.3 is 0 Å². The highest BCUT2D eigenvalue weighted by atomic mass is 79.9. The smallest absolute Gasteiger partial charge is 0.164 e. The zero-order chi connectivity index (χ0) is 12.3. The van der Waals surface area contributed by atoms with Crippen LogP contribution in [0.4, 0.5) is 0 Å². The van der Waals surface area contributed by atoms with Crippen molar-refractivity contribution in [1.29, 1.82) is 0 Å². The Morgan fingerprint density at radius 3 is 2.88 bits per heavy atom. The van der Waals surface area contributed by atoms with Crippen LogP contribution >= 0.6 is 15.9 Å². The first-order chi connectivity index (χ1) is 8.19. The predicted molar refractivity (Wildman–Crippen MR) is 72.3 cm³/mol. The van der Waals surface area contributed by atoms with Gasteiger partial charge in [-0.15, -0.1) is 0 Å². The fraction of sp³-hybridized carbons (Fsp3) is 0.214. The first-order valence-electron chi connectivity index (χ1n) is 5.62. The van der Waals surface area contributed by atoms with Crippen molar-refractivity contribution in [2.24, 2.45) is 0 Å². The van der Waals surface area contributed by atoms with Crippen LogP contribution in [-0.2, 0) is 6.54 Å². The quantitative estimate of drug-likeness (QED) is 0.784. The summed E-state index contributed by atoms with van der Waals surface area (Å²) in [7, 11) is 0. The minimum absolute atomic E-state index is 0.193. The van der Waals surface area contributed by atoms with E-state index < -0.39 is 0 Å². The van der Waals surface area contributed by atoms with Gasteiger partial charge in [-0.1, -0.05) is 35.0 Å². The maximum atomic E-state index is 11.5. The molecule has 0 saturated heterocycles. The van der Waals surface area contributed by atoms with Gasteiger partial charge < -0.3 is 4.57 Å². The molecule has 0 aliphatic rings. The van der Waals surface area contributed by atoms with Crippen LogP contribution in [-0.4, -0.2) is 10.4 Å². The molecule has 17 heavy (non-hydrogen) atoms. The standard InChI is InChI=1S/C14H14BrNO/c1-2-14(17)12-6-7-16(10-12)9-11-4-3-5-13(15)8-11/h3-8,10H,2,9H2,1H3. The molecule has 0 atom stereocenters. The predicted octanol–water partition coefficient (Wildman–Crippen LogP) is 3.89. The largest absolute Gasteiger partial charge is 0.349 e. The highest BCUT2D eigenvalue weighted by Gasteiger charge is 2.05. The number of rotatable bonds is 4. The molecular formula is C14H14BrNO. The molecule has 0 N–H and O–H groups in total. The van der Waals surface area contributed by atoms with Crippen LogP contribution in [0, 0.1) is 0 Å². The number of aromatic nitrogens is 1. The van der Waals surface area contributed by atoms with Gasteiger partial charge in [-0.05, 0) is 23.8 Å². The lowest BCUT2D eigenvalue weighted by Crippen LogP contribution is -1.98. The average molecular weight is 292 g/mol. The van der Waals surface area contributed by atoms with E-state index in [1.165, 1.54) is 5.56 Å². The fourth-order valence-corrected chi connectivity index (χ4v) is 2.20. The zero-order valence-electron chi connectivity index (χ0n) is 9.69. The van der Waals surface area contributed by atoms with Gasteiger partial charge in [0, 0.05) is 35.4 Å². The molecule has 2 aromatic rings. The van der Waals surface area contributed by atoms with E-state index >= 15 is 0 Å². The molecular weight excluding hydrogens is 278 g/mol. The summed E-state index contributed by atoms with van der Waals surface area (Å²) in [6.45, 7) is 2.67. The van der Waals surface area contributed by atoms with E-state index in [1.54, 1.807) is 0 Å². The second kappa shape index (κ2) is 5.32. The SMILES string of the molecule is CCC(=O)c1ccn(Cc2cccc(Br)c2)c1. The van der Waals surface area contributed by atoms with Crippen LogP contribution in [0.1, 0.15) is 29.3 Å². The van der Waals surface area contributed by atoms with Crippen LogP contribution in [0.2, 0.25) is 0 Å².